The van der Waals surface area contributed by atoms with Gasteiger partial charge in [-0.2, -0.15) is 0 Å². The summed E-state index contributed by atoms with van der Waals surface area (Å²) in [6, 6.07) is 4.96. The van der Waals surface area contributed by atoms with E-state index in [1.807, 2.05) is 32.0 Å². The highest BCUT2D eigenvalue weighted by Gasteiger charge is 2.18. The van der Waals surface area contributed by atoms with E-state index in [0.29, 0.717) is 13.0 Å². The molecule has 4 N–H and O–H groups in total. The Kier molecular flexibility index (Phi) is 14.4. The molecule has 0 saturated carbocycles. The van der Waals surface area contributed by atoms with Gasteiger partial charge in [0.1, 0.15) is 0 Å². The molecule has 0 spiro atoms. The molecule has 0 aliphatic rings. The lowest BCUT2D eigenvalue weighted by Gasteiger charge is -2.18. The molecule has 1 aromatic heterocycles. The molecule has 1 rings (SSSR count). The number of pyridine rings is 1. The number of halogens is 2. The fourth-order valence-electron chi connectivity index (χ4n) is 1.91. The predicted octanol–water partition coefficient (Wildman–Crippen LogP) is 0.142. The Hall–Kier alpha value is -1.90. The summed E-state index contributed by atoms with van der Waals surface area (Å²) < 4.78 is 0. The molecule has 154 valence electrons. The van der Waals surface area contributed by atoms with Gasteiger partial charge in [0, 0.05) is 31.9 Å². The van der Waals surface area contributed by atoms with E-state index in [2.05, 4.69) is 15.6 Å². The van der Waals surface area contributed by atoms with Gasteiger partial charge in [-0.1, -0.05) is 19.9 Å². The van der Waals surface area contributed by atoms with E-state index in [1.165, 1.54) is 4.90 Å². The molecule has 1 aromatic rings. The Morgan fingerprint density at radius 1 is 1.15 bits per heavy atom. The van der Waals surface area contributed by atoms with Crippen molar-refractivity contribution in [2.75, 3.05) is 26.7 Å². The number of carbonyl (C=O) groups excluding carboxylic acids is 3. The Balaban J connectivity index is 0. The van der Waals surface area contributed by atoms with E-state index in [9.17, 15) is 14.4 Å². The highest BCUT2D eigenvalue weighted by atomic mass is 35.5. The van der Waals surface area contributed by atoms with Gasteiger partial charge in [-0.05, 0) is 18.1 Å². The first-order valence-corrected chi connectivity index (χ1v) is 8.25. The Labute approximate surface area is 172 Å². The van der Waals surface area contributed by atoms with Gasteiger partial charge in [0.2, 0.25) is 17.7 Å². The highest BCUT2D eigenvalue weighted by Crippen LogP contribution is 1.98. The summed E-state index contributed by atoms with van der Waals surface area (Å²) in [5.74, 6) is -1.05. The summed E-state index contributed by atoms with van der Waals surface area (Å²) in [7, 11) is 1.67. The summed E-state index contributed by atoms with van der Waals surface area (Å²) in [4.78, 5) is 41.1. The Morgan fingerprint density at radius 3 is 2.37 bits per heavy atom. The fourth-order valence-corrected chi connectivity index (χ4v) is 1.91. The lowest BCUT2D eigenvalue weighted by Crippen LogP contribution is -2.48. The van der Waals surface area contributed by atoms with Crippen molar-refractivity contribution >= 4 is 42.5 Å². The summed E-state index contributed by atoms with van der Waals surface area (Å²) >= 11 is 0. The molecule has 0 fully saturated rings. The van der Waals surface area contributed by atoms with Crippen molar-refractivity contribution in [3.8, 4) is 0 Å². The zero-order valence-electron chi connectivity index (χ0n) is 15.8. The maximum atomic E-state index is 12.0. The molecule has 0 aliphatic carbocycles. The number of amides is 3. The minimum absolute atomic E-state index is 0. The Morgan fingerprint density at radius 2 is 1.81 bits per heavy atom. The minimum atomic E-state index is -0.660. The maximum Gasteiger partial charge on any atom is 0.241 e. The molecule has 0 bridgehead atoms. The lowest BCUT2D eigenvalue weighted by molar-refractivity contribution is -0.132. The van der Waals surface area contributed by atoms with Gasteiger partial charge >= 0.3 is 0 Å². The first kappa shape index (κ1) is 27.3. The molecule has 27 heavy (non-hydrogen) atoms. The number of aromatic nitrogens is 1. The first-order chi connectivity index (χ1) is 11.8. The van der Waals surface area contributed by atoms with Gasteiger partial charge in [0.05, 0.1) is 19.1 Å². The largest absolute Gasteiger partial charge is 0.346 e. The molecule has 0 aliphatic heterocycles. The second-order valence-electron chi connectivity index (χ2n) is 6.15. The van der Waals surface area contributed by atoms with E-state index in [0.717, 1.165) is 5.69 Å². The van der Waals surface area contributed by atoms with Crippen LogP contribution in [0.15, 0.2) is 24.4 Å². The van der Waals surface area contributed by atoms with E-state index < -0.39 is 11.9 Å². The van der Waals surface area contributed by atoms with Crippen LogP contribution in [0.2, 0.25) is 0 Å². The first-order valence-electron chi connectivity index (χ1n) is 8.25. The molecule has 1 atom stereocenters. The number of nitrogens with one attached hydrogen (secondary N) is 2. The number of nitrogens with zero attached hydrogens (tertiary/aromatic N) is 2. The van der Waals surface area contributed by atoms with Crippen molar-refractivity contribution in [3.63, 3.8) is 0 Å². The van der Waals surface area contributed by atoms with Crippen LogP contribution in [0.3, 0.4) is 0 Å². The van der Waals surface area contributed by atoms with Crippen LogP contribution in [-0.2, 0) is 20.8 Å². The molecule has 1 heterocycles. The van der Waals surface area contributed by atoms with E-state index in [-0.39, 0.29) is 55.6 Å². The van der Waals surface area contributed by atoms with Crippen LogP contribution in [0.25, 0.3) is 0 Å². The molecule has 8 nitrogen and oxygen atoms in total. The normalized spacial score (nSPS) is 10.9. The van der Waals surface area contributed by atoms with Crippen LogP contribution in [0.1, 0.15) is 19.5 Å². The van der Waals surface area contributed by atoms with Crippen LogP contribution in [-0.4, -0.2) is 60.3 Å². The fraction of sp³-hybridized carbons (Fsp3) is 0.529. The molecule has 0 aromatic carbocycles. The van der Waals surface area contributed by atoms with Crippen molar-refractivity contribution < 1.29 is 14.4 Å². The van der Waals surface area contributed by atoms with Crippen molar-refractivity contribution in [1.82, 2.24) is 20.5 Å². The number of hydrogen-bond acceptors (Lipinski definition) is 5. The van der Waals surface area contributed by atoms with Crippen LogP contribution >= 0.6 is 24.8 Å². The van der Waals surface area contributed by atoms with Crippen LogP contribution in [0, 0.1) is 5.92 Å². The van der Waals surface area contributed by atoms with Gasteiger partial charge in [-0.25, -0.2) is 0 Å². The predicted molar refractivity (Wildman–Crippen MR) is 109 cm³/mol. The second-order valence-corrected chi connectivity index (χ2v) is 6.15. The maximum absolute atomic E-state index is 12.0. The van der Waals surface area contributed by atoms with Crippen molar-refractivity contribution in [2.24, 2.45) is 11.7 Å². The summed E-state index contributed by atoms with van der Waals surface area (Å²) in [5.41, 5.74) is 6.58. The van der Waals surface area contributed by atoms with Crippen molar-refractivity contribution in [1.29, 1.82) is 0 Å². The van der Waals surface area contributed by atoms with Gasteiger partial charge in [-0.15, -0.1) is 24.8 Å². The van der Waals surface area contributed by atoms with E-state index >= 15 is 0 Å². The van der Waals surface area contributed by atoms with Crippen molar-refractivity contribution in [3.05, 3.63) is 30.1 Å². The van der Waals surface area contributed by atoms with Gasteiger partial charge in [-0.3, -0.25) is 19.4 Å². The smallest absolute Gasteiger partial charge is 0.241 e. The minimum Gasteiger partial charge on any atom is -0.346 e. The number of likely N-dealkylation sites (N-methyl/N-ethyl adjacent to an activating group) is 1. The average molecular weight is 422 g/mol. The van der Waals surface area contributed by atoms with Gasteiger partial charge in [0.25, 0.3) is 0 Å². The van der Waals surface area contributed by atoms with E-state index in [4.69, 9.17) is 5.73 Å². The molecule has 0 radical (unpaired) electrons. The van der Waals surface area contributed by atoms with Crippen molar-refractivity contribution in [2.45, 2.75) is 26.3 Å². The third kappa shape index (κ3) is 10.7. The molecular formula is C17H29Cl2N5O3. The summed E-state index contributed by atoms with van der Waals surface area (Å²) in [6.07, 6.45) is 2.34. The number of hydrogen-bond donors (Lipinski definition) is 3. The zero-order chi connectivity index (χ0) is 18.8. The van der Waals surface area contributed by atoms with Crippen LogP contribution in [0.4, 0.5) is 0 Å². The number of nitrogens with two attached hydrogens (primary N) is 1. The monoisotopic (exact) mass is 421 g/mol. The summed E-state index contributed by atoms with van der Waals surface area (Å²) in [6.45, 7) is 3.83. The van der Waals surface area contributed by atoms with Gasteiger partial charge < -0.3 is 21.3 Å². The topological polar surface area (TPSA) is 117 Å². The second kappa shape index (κ2) is 14.2. The number of rotatable bonds is 9. The molecule has 0 unspecified atom stereocenters. The summed E-state index contributed by atoms with van der Waals surface area (Å²) in [5, 5.41) is 4.94. The molecule has 3 amide bonds. The average Bonchev–Trinajstić information content (AvgIpc) is 2.62. The third-order valence-electron chi connectivity index (χ3n) is 3.74. The van der Waals surface area contributed by atoms with Gasteiger partial charge in [0.15, 0.2) is 0 Å². The third-order valence-corrected chi connectivity index (χ3v) is 3.74. The van der Waals surface area contributed by atoms with Crippen LogP contribution in [0.5, 0.6) is 0 Å². The highest BCUT2D eigenvalue weighted by molar-refractivity contribution is 5.89. The molecule has 10 heteroatoms. The quantitative estimate of drug-likeness (QED) is 0.524. The zero-order valence-corrected chi connectivity index (χ0v) is 17.4. The molecule has 0 saturated heterocycles. The molecular weight excluding hydrogens is 393 g/mol. The Bertz CT molecular complexity index is 587. The SMILES string of the molecule is CC(C)[C@H](N)C(=O)NCC(=O)NCC(=O)N(C)CCc1ccccn1.Cl.Cl. The van der Waals surface area contributed by atoms with Crippen LogP contribution < -0.4 is 16.4 Å². The lowest BCUT2D eigenvalue weighted by atomic mass is 10.1. The van der Waals surface area contributed by atoms with E-state index in [1.54, 1.807) is 13.2 Å². The standard InChI is InChI=1S/C17H27N5O3.2ClH/c1-12(2)16(18)17(25)21-10-14(23)20-11-15(24)22(3)9-7-13-6-4-5-8-19-13;;/h4-6,8,12,16H,7,9-11,18H2,1-3H3,(H,20,23)(H,21,25);2*1H/t16-;;/m0../s1. The number of carbonyl (C=O) groups is 3.